The van der Waals surface area contributed by atoms with Gasteiger partial charge in [-0.15, -0.1) is 0 Å². The molecule has 0 aliphatic heterocycles. The lowest BCUT2D eigenvalue weighted by atomic mass is 9.95. The Kier molecular flexibility index (Phi) is 13.2. The number of aromatic hydroxyl groups is 1. The third-order valence-electron chi connectivity index (χ3n) is 7.28. The van der Waals surface area contributed by atoms with Crippen molar-refractivity contribution in [2.24, 2.45) is 5.92 Å². The molecule has 0 fully saturated rings. The molecule has 46 heavy (non-hydrogen) atoms. The molecule has 3 N–H and O–H groups in total. The summed E-state index contributed by atoms with van der Waals surface area (Å²) in [6.07, 6.45) is -0.101. The number of carbonyl (C=O) groups excluding carboxylic acids is 4. The molecule has 0 heterocycles. The molecule has 0 spiro atoms. The summed E-state index contributed by atoms with van der Waals surface area (Å²) in [5.41, 5.74) is 0.163. The van der Waals surface area contributed by atoms with Gasteiger partial charge in [-0.1, -0.05) is 57.2 Å². The summed E-state index contributed by atoms with van der Waals surface area (Å²) >= 11 is 0. The van der Waals surface area contributed by atoms with Crippen LogP contribution < -0.4 is 10.6 Å². The first-order valence-corrected chi connectivity index (χ1v) is 15.9. The van der Waals surface area contributed by atoms with Crippen LogP contribution in [0.2, 0.25) is 0 Å². The third kappa shape index (κ3) is 11.4. The summed E-state index contributed by atoms with van der Waals surface area (Å²) in [7, 11) is 0. The Balaban J connectivity index is 2.66. The van der Waals surface area contributed by atoms with Gasteiger partial charge in [-0.05, 0) is 96.6 Å². The van der Waals surface area contributed by atoms with Crippen LogP contribution in [0.25, 0.3) is 0 Å². The van der Waals surface area contributed by atoms with Gasteiger partial charge in [0, 0.05) is 12.5 Å². The van der Waals surface area contributed by atoms with Crippen molar-refractivity contribution < 1.29 is 33.8 Å². The van der Waals surface area contributed by atoms with Crippen molar-refractivity contribution in [3.63, 3.8) is 0 Å². The highest BCUT2D eigenvalue weighted by Gasteiger charge is 2.41. The van der Waals surface area contributed by atoms with Crippen LogP contribution in [0, 0.1) is 12.8 Å². The maximum Gasteiger partial charge on any atom is 0.408 e. The first-order chi connectivity index (χ1) is 21.2. The molecular formula is C36H53N3O7. The van der Waals surface area contributed by atoms with Crippen LogP contribution in [0.15, 0.2) is 48.5 Å². The lowest BCUT2D eigenvalue weighted by Crippen LogP contribution is -2.58. The average molecular weight is 640 g/mol. The largest absolute Gasteiger partial charge is 0.508 e. The summed E-state index contributed by atoms with van der Waals surface area (Å²) < 4.78 is 11.1. The normalized spacial score (nSPS) is 14.4. The Morgan fingerprint density at radius 2 is 1.46 bits per heavy atom. The Morgan fingerprint density at radius 3 is 1.96 bits per heavy atom. The van der Waals surface area contributed by atoms with Crippen LogP contribution in [0.5, 0.6) is 5.75 Å². The van der Waals surface area contributed by atoms with Gasteiger partial charge in [0.05, 0.1) is 0 Å². The number of benzene rings is 2. The van der Waals surface area contributed by atoms with E-state index in [1.54, 1.807) is 74.4 Å². The van der Waals surface area contributed by atoms with E-state index < -0.39 is 59.2 Å². The molecule has 0 saturated carbocycles. The fourth-order valence-electron chi connectivity index (χ4n) is 4.86. The van der Waals surface area contributed by atoms with Gasteiger partial charge in [-0.2, -0.15) is 0 Å². The molecule has 0 radical (unpaired) electrons. The molecular weight excluding hydrogens is 586 g/mol. The molecule has 2 rings (SSSR count). The van der Waals surface area contributed by atoms with E-state index in [0.29, 0.717) is 17.5 Å². The number of nitrogens with one attached hydrogen (secondary N) is 2. The smallest absolute Gasteiger partial charge is 0.408 e. The highest BCUT2D eigenvalue weighted by atomic mass is 16.6. The Morgan fingerprint density at radius 1 is 0.870 bits per heavy atom. The Bertz CT molecular complexity index is 1350. The summed E-state index contributed by atoms with van der Waals surface area (Å²) in [5, 5.41) is 15.9. The summed E-state index contributed by atoms with van der Waals surface area (Å²) in [5.74, 6) is -2.03. The molecule has 10 heteroatoms. The molecule has 254 valence electrons. The highest BCUT2D eigenvalue weighted by Crippen LogP contribution is 2.30. The van der Waals surface area contributed by atoms with Crippen molar-refractivity contribution in [1.82, 2.24) is 15.5 Å². The van der Waals surface area contributed by atoms with Gasteiger partial charge in [0.1, 0.15) is 35.1 Å². The van der Waals surface area contributed by atoms with Crippen LogP contribution in [-0.2, 0) is 30.3 Å². The highest BCUT2D eigenvalue weighted by molar-refractivity contribution is 5.94. The van der Waals surface area contributed by atoms with Crippen molar-refractivity contribution in [2.75, 3.05) is 0 Å². The number of phenols is 1. The zero-order valence-electron chi connectivity index (χ0n) is 29.3. The van der Waals surface area contributed by atoms with Gasteiger partial charge in [-0.3, -0.25) is 9.59 Å². The number of aryl methyl sites for hydroxylation is 1. The number of alkyl carbamates (subject to hydrolysis) is 1. The number of esters is 1. The first kappa shape index (κ1) is 38.1. The minimum atomic E-state index is -1.22. The summed E-state index contributed by atoms with van der Waals surface area (Å²) in [4.78, 5) is 56.8. The zero-order valence-corrected chi connectivity index (χ0v) is 29.3. The number of amides is 3. The second kappa shape index (κ2) is 16.0. The van der Waals surface area contributed by atoms with Crippen LogP contribution in [0.1, 0.15) is 98.4 Å². The van der Waals surface area contributed by atoms with E-state index in [9.17, 15) is 24.3 Å². The second-order valence-electron chi connectivity index (χ2n) is 14.1. The molecule has 2 aromatic rings. The molecule has 3 amide bonds. The van der Waals surface area contributed by atoms with E-state index in [0.717, 1.165) is 5.56 Å². The Labute approximate surface area is 274 Å². The van der Waals surface area contributed by atoms with Crippen molar-refractivity contribution in [2.45, 2.75) is 124 Å². The molecule has 4 unspecified atom stereocenters. The van der Waals surface area contributed by atoms with E-state index in [-0.39, 0.29) is 18.1 Å². The topological polar surface area (TPSA) is 134 Å². The molecule has 0 aliphatic carbocycles. The van der Waals surface area contributed by atoms with Crippen molar-refractivity contribution in [1.29, 1.82) is 0 Å². The second-order valence-corrected chi connectivity index (χ2v) is 14.1. The van der Waals surface area contributed by atoms with Crippen molar-refractivity contribution in [3.05, 3.63) is 65.2 Å². The molecule has 4 atom stereocenters. The average Bonchev–Trinajstić information content (AvgIpc) is 2.93. The number of nitrogens with zero attached hydrogens (tertiary/aromatic N) is 1. The molecule has 0 aromatic heterocycles. The van der Waals surface area contributed by atoms with Crippen LogP contribution in [-0.4, -0.2) is 63.2 Å². The van der Waals surface area contributed by atoms with E-state index in [4.69, 9.17) is 9.47 Å². The fourth-order valence-corrected chi connectivity index (χ4v) is 4.86. The third-order valence-corrected chi connectivity index (χ3v) is 7.28. The number of phenolic OH excluding ortho intramolecular Hbond substituents is 1. The maximum atomic E-state index is 14.5. The fraction of sp³-hybridized carbons (Fsp3) is 0.556. The van der Waals surface area contributed by atoms with Gasteiger partial charge in [0.25, 0.3) is 0 Å². The van der Waals surface area contributed by atoms with E-state index in [1.165, 1.54) is 11.0 Å². The number of rotatable bonds is 12. The van der Waals surface area contributed by atoms with Crippen LogP contribution >= 0.6 is 0 Å². The van der Waals surface area contributed by atoms with Crippen molar-refractivity contribution in [3.8, 4) is 5.75 Å². The van der Waals surface area contributed by atoms with Gasteiger partial charge in [0.15, 0.2) is 0 Å². The predicted molar refractivity (Wildman–Crippen MR) is 178 cm³/mol. The summed E-state index contributed by atoms with van der Waals surface area (Å²) in [6.45, 7) is 19.5. The standard InChI is InChI=1S/C36H53N3O7/c1-12-24(5)39(32(42)29(22(2)3)38-34(44)46-36(9,10)11)30(26-18-19-28(40)23(4)20-26)31(41)37-27(33(43)45-35(6,7)8)21-25-16-14-13-15-17-25/h13-20,22,24,27,29-30,40H,12,21H2,1-11H3,(H,37,41)(H,38,44). The van der Waals surface area contributed by atoms with Crippen LogP contribution in [0.3, 0.4) is 0 Å². The zero-order chi connectivity index (χ0) is 35.0. The molecule has 2 aromatic carbocycles. The lowest BCUT2D eigenvalue weighted by molar-refractivity contribution is -0.159. The summed E-state index contributed by atoms with van der Waals surface area (Å²) in [6, 6.07) is 10.2. The lowest BCUT2D eigenvalue weighted by Gasteiger charge is -2.39. The quantitative estimate of drug-likeness (QED) is 0.243. The first-order valence-electron chi connectivity index (χ1n) is 15.9. The van der Waals surface area contributed by atoms with E-state index in [1.807, 2.05) is 44.2 Å². The molecule has 0 bridgehead atoms. The number of hydrogen-bond donors (Lipinski definition) is 3. The SMILES string of the molecule is CCC(C)N(C(=O)C(NC(=O)OC(C)(C)C)C(C)C)C(C(=O)NC(Cc1ccccc1)C(=O)OC(C)(C)C)c1ccc(O)c(C)c1. The molecule has 0 saturated heterocycles. The van der Waals surface area contributed by atoms with Crippen molar-refractivity contribution >= 4 is 23.9 Å². The molecule has 10 nitrogen and oxygen atoms in total. The minimum Gasteiger partial charge on any atom is -0.508 e. The Hall–Kier alpha value is -4.08. The maximum absolute atomic E-state index is 14.5. The van der Waals surface area contributed by atoms with Crippen LogP contribution in [0.4, 0.5) is 4.79 Å². The minimum absolute atomic E-state index is 0.0340. The van der Waals surface area contributed by atoms with Gasteiger partial charge in [0.2, 0.25) is 11.8 Å². The van der Waals surface area contributed by atoms with E-state index in [2.05, 4.69) is 10.6 Å². The van der Waals surface area contributed by atoms with Gasteiger partial charge >= 0.3 is 12.1 Å². The predicted octanol–water partition coefficient (Wildman–Crippen LogP) is 5.99. The molecule has 0 aliphatic rings. The number of hydrogen-bond acceptors (Lipinski definition) is 7. The monoisotopic (exact) mass is 639 g/mol. The van der Waals surface area contributed by atoms with Gasteiger partial charge < -0.3 is 30.1 Å². The number of ether oxygens (including phenoxy) is 2. The number of carbonyl (C=O) groups is 4. The van der Waals surface area contributed by atoms with E-state index >= 15 is 0 Å². The van der Waals surface area contributed by atoms with Gasteiger partial charge in [-0.25, -0.2) is 9.59 Å².